The van der Waals surface area contributed by atoms with Gasteiger partial charge in [-0.05, 0) is 125 Å². The first kappa shape index (κ1) is 38.1. The van der Waals surface area contributed by atoms with Crippen LogP contribution < -0.4 is 0 Å². The van der Waals surface area contributed by atoms with Crippen molar-refractivity contribution in [3.63, 3.8) is 0 Å². The predicted octanol–water partition coefficient (Wildman–Crippen LogP) is 9.75. The van der Waals surface area contributed by atoms with Gasteiger partial charge in [-0.15, -0.1) is 0 Å². The second-order valence-corrected chi connectivity index (χ2v) is 34.5. The normalized spacial score (nSPS) is 51.0. The van der Waals surface area contributed by atoms with Crippen LogP contribution in [0.15, 0.2) is 0 Å². The van der Waals surface area contributed by atoms with Gasteiger partial charge < -0.3 is 35.4 Å². The van der Waals surface area contributed by atoms with Crippen molar-refractivity contribution in [2.75, 3.05) is 0 Å². The molecule has 8 nitrogen and oxygen atoms in total. The Morgan fingerprint density at radius 2 is 0.500 bits per heavy atom. The monoisotopic (exact) mass is 792 g/mol. The number of unbranched alkanes of at least 4 members (excludes halogenated alkanes) is 4. The van der Waals surface area contributed by atoms with Gasteiger partial charge >= 0.3 is 34.2 Å². The molecular weight excluding hydrogens is 721 g/mol. The van der Waals surface area contributed by atoms with Gasteiger partial charge in [0.25, 0.3) is 0 Å². The molecule has 12 heteroatoms. The van der Waals surface area contributed by atoms with E-state index in [2.05, 4.69) is 26.2 Å². The second kappa shape index (κ2) is 15.4. The highest BCUT2D eigenvalue weighted by atomic mass is 28.5. The molecule has 9 fully saturated rings. The summed E-state index contributed by atoms with van der Waals surface area (Å²) < 4.78 is 53.4. The summed E-state index contributed by atoms with van der Waals surface area (Å²) in [5.74, 6) is 3.43. The van der Waals surface area contributed by atoms with Crippen molar-refractivity contribution in [3.05, 3.63) is 0 Å². The summed E-state index contributed by atoms with van der Waals surface area (Å²) in [5.41, 5.74) is 0. The molecule has 5 heterocycles. The fraction of sp³-hybridized carbons (Fsp3) is 1.00. The zero-order valence-electron chi connectivity index (χ0n) is 33.2. The molecule has 0 bridgehead atoms. The van der Waals surface area contributed by atoms with Crippen molar-refractivity contribution in [1.29, 1.82) is 0 Å². The van der Waals surface area contributed by atoms with Gasteiger partial charge in [0, 0.05) is 0 Å². The highest BCUT2D eigenvalue weighted by molar-refractivity contribution is 6.93. The van der Waals surface area contributed by atoms with E-state index in [1.807, 2.05) is 0 Å². The third-order valence-corrected chi connectivity index (χ3v) is 33.8. The fourth-order valence-corrected chi connectivity index (χ4v) is 35.8. The Labute approximate surface area is 319 Å². The summed E-state index contributed by atoms with van der Waals surface area (Å²) in [4.78, 5) is 0. The molecule has 0 radical (unpaired) electrons. The van der Waals surface area contributed by atoms with E-state index in [0.29, 0.717) is 48.8 Å². The number of hydrogen-bond acceptors (Lipinski definition) is 8. The molecule has 0 amide bonds. The molecule has 0 spiro atoms. The topological polar surface area (TPSA) is 87.0 Å². The Morgan fingerprint density at radius 1 is 0.308 bits per heavy atom. The van der Waals surface area contributed by atoms with E-state index in [1.54, 1.807) is 0 Å². The number of fused-ring (bicyclic) bond motifs is 4. The molecule has 9 aliphatic rings. The van der Waals surface area contributed by atoms with Crippen LogP contribution in [0.2, 0.25) is 50.4 Å². The van der Waals surface area contributed by atoms with Crippen molar-refractivity contribution in [1.82, 2.24) is 0 Å². The average molecular weight is 793 g/mol. The smallest absolute Gasteiger partial charge is 0.317 e. The van der Waals surface area contributed by atoms with E-state index in [4.69, 9.17) is 35.4 Å². The lowest BCUT2D eigenvalue weighted by molar-refractivity contribution is 0.217. The first-order chi connectivity index (χ1) is 25.0. The Hall–Kier alpha value is 0.548. The van der Waals surface area contributed by atoms with E-state index in [9.17, 15) is 0 Å². The molecule has 0 N–H and O–H groups in total. The van der Waals surface area contributed by atoms with Crippen LogP contribution in [0.3, 0.4) is 0 Å². The molecule has 4 aliphatic carbocycles. The number of ether oxygens (including phenoxy) is 4. The quantitative estimate of drug-likeness (QED) is 0.0685. The summed E-state index contributed by atoms with van der Waals surface area (Å²) in [5, 5.41) is 0. The van der Waals surface area contributed by atoms with E-state index in [-0.39, 0.29) is 0 Å². The van der Waals surface area contributed by atoms with E-state index in [0.717, 1.165) is 47.8 Å². The number of rotatable bonds is 20. The Morgan fingerprint density at radius 3 is 0.692 bits per heavy atom. The standard InChI is InChI=1S/C40H72O8Si4/c1-49(17-9-5-13-29-21-33-34(22-29)41-33)45-50(2,18-10-6-14-30-23-35-36(24-30)42-35)47-52(4,20-12-8-16-32-27-39-40(28-32)44-39)48-51(3,46-49)19-11-7-15-31-25-37-38(26-31)43-37/h29-40H,5-28H2,1-4H3. The maximum atomic E-state index is 7.61. The van der Waals surface area contributed by atoms with Crippen LogP contribution in [0.25, 0.3) is 0 Å². The first-order valence-electron chi connectivity index (χ1n) is 22.4. The van der Waals surface area contributed by atoms with Gasteiger partial charge in [-0.1, -0.05) is 77.0 Å². The lowest BCUT2D eigenvalue weighted by atomic mass is 10.0. The first-order valence-corrected chi connectivity index (χ1v) is 32.5. The minimum atomic E-state index is -2.54. The van der Waals surface area contributed by atoms with Gasteiger partial charge in [0.2, 0.25) is 0 Å². The SMILES string of the molecule is C[Si]1(CCCCC2CC3OC3C2)O[Si](C)(CCCCC2CC3OC3C2)O[Si](C)(CCCCC2CC3OC3C2)O[Si](C)(CCCCC2CC3OC3C2)O1. The van der Waals surface area contributed by atoms with Gasteiger partial charge in [0.1, 0.15) is 0 Å². The van der Waals surface area contributed by atoms with E-state index >= 15 is 0 Å². The van der Waals surface area contributed by atoms with Gasteiger partial charge in [-0.25, -0.2) is 0 Å². The zero-order valence-corrected chi connectivity index (χ0v) is 37.2. The molecule has 9 rings (SSSR count). The Kier molecular flexibility index (Phi) is 11.3. The summed E-state index contributed by atoms with van der Waals surface area (Å²) in [6.07, 6.45) is 30.2. The van der Waals surface area contributed by atoms with Crippen LogP contribution in [0, 0.1) is 23.7 Å². The lowest BCUT2D eigenvalue weighted by Crippen LogP contribution is -2.67. The Bertz CT molecular complexity index is 1010. The van der Waals surface area contributed by atoms with Crippen molar-refractivity contribution in [3.8, 4) is 0 Å². The number of hydrogen-bond donors (Lipinski definition) is 0. The van der Waals surface area contributed by atoms with Crippen LogP contribution in [-0.4, -0.2) is 83.1 Å². The largest absolute Gasteiger partial charge is 0.416 e. The van der Waals surface area contributed by atoms with Crippen LogP contribution >= 0.6 is 0 Å². The van der Waals surface area contributed by atoms with Crippen molar-refractivity contribution in [2.45, 2.75) is 228 Å². The van der Waals surface area contributed by atoms with Crippen LogP contribution in [0.4, 0.5) is 0 Å². The predicted molar refractivity (Wildman–Crippen MR) is 211 cm³/mol. The molecule has 8 unspecified atom stereocenters. The van der Waals surface area contributed by atoms with E-state index in [1.165, 1.54) is 128 Å². The van der Waals surface area contributed by atoms with Crippen LogP contribution in [0.5, 0.6) is 0 Å². The molecule has 8 atom stereocenters. The molecule has 5 saturated heterocycles. The Balaban J connectivity index is 0.849. The molecular formula is C40H72O8Si4. The van der Waals surface area contributed by atoms with Gasteiger partial charge in [0.15, 0.2) is 0 Å². The lowest BCUT2D eigenvalue weighted by Gasteiger charge is -2.50. The van der Waals surface area contributed by atoms with Gasteiger partial charge in [-0.3, -0.25) is 0 Å². The molecule has 5 aliphatic heterocycles. The maximum absolute atomic E-state index is 7.61. The summed E-state index contributed by atoms with van der Waals surface area (Å²) in [6, 6.07) is 4.29. The minimum absolute atomic E-state index is 0.587. The van der Waals surface area contributed by atoms with Crippen molar-refractivity contribution >= 4 is 34.2 Å². The highest BCUT2D eigenvalue weighted by Crippen LogP contribution is 2.48. The molecule has 4 saturated carbocycles. The number of epoxide rings is 4. The van der Waals surface area contributed by atoms with Crippen molar-refractivity contribution in [2.24, 2.45) is 23.7 Å². The van der Waals surface area contributed by atoms with Crippen LogP contribution in [-0.2, 0) is 35.4 Å². The summed E-state index contributed by atoms with van der Waals surface area (Å²) in [7, 11) is -10.2. The zero-order chi connectivity index (χ0) is 35.6. The average Bonchev–Trinajstić information content (AvgIpc) is 4.08. The molecule has 0 aromatic rings. The van der Waals surface area contributed by atoms with E-state index < -0.39 is 34.2 Å². The molecule has 0 aromatic carbocycles. The summed E-state index contributed by atoms with van der Waals surface area (Å²) in [6.45, 7) is 9.63. The molecule has 296 valence electrons. The maximum Gasteiger partial charge on any atom is 0.317 e. The molecule has 0 aromatic heterocycles. The molecule has 52 heavy (non-hydrogen) atoms. The van der Waals surface area contributed by atoms with Crippen molar-refractivity contribution < 1.29 is 35.4 Å². The third kappa shape index (κ3) is 9.80. The third-order valence-electron chi connectivity index (χ3n) is 15.0. The van der Waals surface area contributed by atoms with Gasteiger partial charge in [0.05, 0.1) is 48.8 Å². The minimum Gasteiger partial charge on any atom is -0.416 e. The summed E-state index contributed by atoms with van der Waals surface area (Å²) >= 11 is 0. The van der Waals surface area contributed by atoms with Gasteiger partial charge in [-0.2, -0.15) is 0 Å². The fourth-order valence-electron chi connectivity index (χ4n) is 12.2. The van der Waals surface area contributed by atoms with Crippen LogP contribution in [0.1, 0.15) is 128 Å². The second-order valence-electron chi connectivity index (χ2n) is 20.1. The highest BCUT2D eigenvalue weighted by Gasteiger charge is 2.57.